The van der Waals surface area contributed by atoms with Gasteiger partial charge in [-0.15, -0.1) is 0 Å². The van der Waals surface area contributed by atoms with Crippen LogP contribution in [0.2, 0.25) is 0 Å². The lowest BCUT2D eigenvalue weighted by atomic mass is 10.0. The highest BCUT2D eigenvalue weighted by Gasteiger charge is 2.42. The van der Waals surface area contributed by atoms with E-state index in [2.05, 4.69) is 15.5 Å². The molecule has 1 saturated heterocycles. The number of rotatable bonds is 7. The van der Waals surface area contributed by atoms with Crippen molar-refractivity contribution in [2.75, 3.05) is 13.1 Å². The number of nitrogens with zero attached hydrogens (tertiary/aromatic N) is 1. The van der Waals surface area contributed by atoms with E-state index in [1.807, 2.05) is 71.9 Å². The lowest BCUT2D eigenvalue weighted by molar-refractivity contribution is -0.127. The molecule has 0 radical (unpaired) electrons. The van der Waals surface area contributed by atoms with Crippen molar-refractivity contribution in [3.05, 3.63) is 35.9 Å². The summed E-state index contributed by atoms with van der Waals surface area (Å²) in [6.45, 7) is 12.2. The van der Waals surface area contributed by atoms with E-state index in [0.717, 1.165) is 5.56 Å². The summed E-state index contributed by atoms with van der Waals surface area (Å²) in [5.41, 5.74) is 6.32. The molecule has 1 heterocycles. The number of alkyl carbamates (subject to hydrolysis) is 1. The number of nitrogens with one attached hydrogen (secondary N) is 2. The van der Waals surface area contributed by atoms with Gasteiger partial charge in [-0.1, -0.05) is 30.3 Å². The predicted octanol–water partition coefficient (Wildman–Crippen LogP) is 1.80. The number of aliphatic hydroxyl groups excluding tert-OH is 1. The molecule has 0 aliphatic carbocycles. The van der Waals surface area contributed by atoms with Crippen molar-refractivity contribution < 1.29 is 19.4 Å². The third-order valence-electron chi connectivity index (χ3n) is 5.48. The van der Waals surface area contributed by atoms with Crippen LogP contribution in [-0.4, -0.2) is 70.5 Å². The van der Waals surface area contributed by atoms with Crippen LogP contribution in [0.5, 0.6) is 0 Å². The molecular weight excluding hydrogens is 408 g/mol. The number of benzene rings is 1. The summed E-state index contributed by atoms with van der Waals surface area (Å²) in [5.74, 6) is -0.181. The average Bonchev–Trinajstić information content (AvgIpc) is 3.09. The first-order chi connectivity index (χ1) is 14.8. The quantitative estimate of drug-likeness (QED) is 0.505. The van der Waals surface area contributed by atoms with Crippen molar-refractivity contribution in [2.45, 2.75) is 89.8 Å². The van der Waals surface area contributed by atoms with Gasteiger partial charge in [0.05, 0.1) is 12.1 Å². The number of aliphatic hydroxyl groups is 1. The zero-order valence-electron chi connectivity index (χ0n) is 20.2. The molecule has 32 heavy (non-hydrogen) atoms. The minimum Gasteiger partial charge on any atom is -0.444 e. The molecule has 1 aromatic rings. The molecule has 2 amide bonds. The number of hydrogen-bond donors (Lipinski definition) is 4. The molecular formula is C24H40N4O4. The van der Waals surface area contributed by atoms with E-state index in [4.69, 9.17) is 10.5 Å². The summed E-state index contributed by atoms with van der Waals surface area (Å²) in [7, 11) is 0. The number of amides is 2. The first-order valence-electron chi connectivity index (χ1n) is 11.3. The molecule has 8 heteroatoms. The average molecular weight is 449 g/mol. The maximum atomic E-state index is 13.0. The molecule has 8 nitrogen and oxygen atoms in total. The van der Waals surface area contributed by atoms with Gasteiger partial charge < -0.3 is 26.2 Å². The fraction of sp³-hybridized carbons (Fsp3) is 0.667. The number of carbonyl (C=O) groups is 2. The Morgan fingerprint density at radius 3 is 2.38 bits per heavy atom. The normalized spacial score (nSPS) is 21.6. The predicted molar refractivity (Wildman–Crippen MR) is 125 cm³/mol. The van der Waals surface area contributed by atoms with Gasteiger partial charge >= 0.3 is 6.09 Å². The minimum atomic E-state index is -0.862. The van der Waals surface area contributed by atoms with Crippen molar-refractivity contribution in [2.24, 2.45) is 5.73 Å². The van der Waals surface area contributed by atoms with E-state index in [9.17, 15) is 14.7 Å². The zero-order chi connectivity index (χ0) is 24.1. The molecule has 180 valence electrons. The van der Waals surface area contributed by atoms with Crippen molar-refractivity contribution in [3.8, 4) is 0 Å². The maximum absolute atomic E-state index is 13.0. The topological polar surface area (TPSA) is 117 Å². The smallest absolute Gasteiger partial charge is 0.407 e. The molecule has 0 saturated carbocycles. The van der Waals surface area contributed by atoms with E-state index >= 15 is 0 Å². The monoisotopic (exact) mass is 448 g/mol. The molecule has 0 unspecified atom stereocenters. The Morgan fingerprint density at radius 2 is 1.81 bits per heavy atom. The third-order valence-corrected chi connectivity index (χ3v) is 5.48. The van der Waals surface area contributed by atoms with Crippen LogP contribution >= 0.6 is 0 Å². The van der Waals surface area contributed by atoms with Crippen molar-refractivity contribution in [1.29, 1.82) is 0 Å². The minimum absolute atomic E-state index is 0.0749. The van der Waals surface area contributed by atoms with E-state index in [1.165, 1.54) is 0 Å². The van der Waals surface area contributed by atoms with Gasteiger partial charge in [-0.25, -0.2) is 4.79 Å². The van der Waals surface area contributed by atoms with Crippen LogP contribution in [0.25, 0.3) is 0 Å². The van der Waals surface area contributed by atoms with Crippen LogP contribution in [0, 0.1) is 0 Å². The Morgan fingerprint density at radius 1 is 1.19 bits per heavy atom. The van der Waals surface area contributed by atoms with Crippen LogP contribution in [0.15, 0.2) is 30.3 Å². The fourth-order valence-electron chi connectivity index (χ4n) is 3.90. The summed E-state index contributed by atoms with van der Waals surface area (Å²) in [4.78, 5) is 27.3. The van der Waals surface area contributed by atoms with Gasteiger partial charge in [0.1, 0.15) is 5.60 Å². The number of nitrogens with two attached hydrogens (primary N) is 1. The maximum Gasteiger partial charge on any atom is 0.407 e. The summed E-state index contributed by atoms with van der Waals surface area (Å²) in [6.07, 6.45) is -0.356. The molecule has 1 fully saturated rings. The number of carbonyl (C=O) groups excluding carboxylic acids is 2. The Balaban J connectivity index is 1.93. The largest absolute Gasteiger partial charge is 0.444 e. The molecule has 4 atom stereocenters. The van der Waals surface area contributed by atoms with Crippen LogP contribution in [0.4, 0.5) is 4.79 Å². The second kappa shape index (κ2) is 10.6. The fourth-order valence-corrected chi connectivity index (χ4v) is 3.90. The van der Waals surface area contributed by atoms with Gasteiger partial charge in [0, 0.05) is 30.7 Å². The second-order valence-corrected chi connectivity index (χ2v) is 10.6. The summed E-state index contributed by atoms with van der Waals surface area (Å²) < 4.78 is 5.35. The Labute approximate surface area is 191 Å². The molecule has 5 N–H and O–H groups in total. The standard InChI is InChI=1S/C24H40N4O4/c1-23(2,3)28-15-17(27-22(31)32-24(4,5)6)13-19(28)21(30)26-14-20(29)18(25)12-16-10-8-7-9-11-16/h7-11,17-20,29H,12-15,25H2,1-6H3,(H,26,30)(H,27,31)/t17-,18+,19+,20-/m1/s1. The van der Waals surface area contributed by atoms with Gasteiger partial charge in [0.2, 0.25) is 5.91 Å². The van der Waals surface area contributed by atoms with Crippen LogP contribution in [0.1, 0.15) is 53.5 Å². The lowest BCUT2D eigenvalue weighted by Gasteiger charge is -2.36. The zero-order valence-corrected chi connectivity index (χ0v) is 20.2. The lowest BCUT2D eigenvalue weighted by Crippen LogP contribution is -2.53. The number of likely N-dealkylation sites (tertiary alicyclic amines) is 1. The Kier molecular flexibility index (Phi) is 8.67. The molecule has 1 aliphatic heterocycles. The second-order valence-electron chi connectivity index (χ2n) is 10.6. The Bertz CT molecular complexity index is 758. The molecule has 1 aromatic carbocycles. The van der Waals surface area contributed by atoms with E-state index < -0.39 is 29.9 Å². The van der Waals surface area contributed by atoms with Gasteiger partial charge in [-0.3, -0.25) is 9.69 Å². The summed E-state index contributed by atoms with van der Waals surface area (Å²) >= 11 is 0. The van der Waals surface area contributed by atoms with E-state index in [0.29, 0.717) is 19.4 Å². The molecule has 0 bridgehead atoms. The highest BCUT2D eigenvalue weighted by Crippen LogP contribution is 2.27. The van der Waals surface area contributed by atoms with Crippen LogP contribution in [-0.2, 0) is 16.0 Å². The number of ether oxygens (including phenoxy) is 1. The molecule has 2 rings (SSSR count). The van der Waals surface area contributed by atoms with Gasteiger partial charge in [0.25, 0.3) is 0 Å². The molecule has 0 aromatic heterocycles. The highest BCUT2D eigenvalue weighted by atomic mass is 16.6. The van der Waals surface area contributed by atoms with E-state index in [-0.39, 0.29) is 24.0 Å². The Hall–Kier alpha value is -2.16. The molecule has 1 aliphatic rings. The van der Waals surface area contributed by atoms with Crippen molar-refractivity contribution in [3.63, 3.8) is 0 Å². The number of hydrogen-bond acceptors (Lipinski definition) is 6. The summed E-state index contributed by atoms with van der Waals surface area (Å²) in [6, 6.07) is 8.60. The van der Waals surface area contributed by atoms with Crippen LogP contribution in [0.3, 0.4) is 0 Å². The van der Waals surface area contributed by atoms with Gasteiger partial charge in [-0.05, 0) is 59.9 Å². The first kappa shape index (κ1) is 26.1. The van der Waals surface area contributed by atoms with Gasteiger partial charge in [0.15, 0.2) is 0 Å². The third kappa shape index (κ3) is 8.07. The van der Waals surface area contributed by atoms with Crippen molar-refractivity contribution in [1.82, 2.24) is 15.5 Å². The molecule has 0 spiro atoms. The first-order valence-corrected chi connectivity index (χ1v) is 11.3. The van der Waals surface area contributed by atoms with E-state index in [1.54, 1.807) is 0 Å². The van der Waals surface area contributed by atoms with Crippen molar-refractivity contribution >= 4 is 12.0 Å². The summed E-state index contributed by atoms with van der Waals surface area (Å²) in [5, 5.41) is 16.2. The SMILES string of the molecule is CC(C)(C)OC(=O)N[C@@H]1C[C@@H](C(=O)NC[C@@H](O)[C@@H](N)Cc2ccccc2)N(C(C)(C)C)C1. The van der Waals surface area contributed by atoms with Gasteiger partial charge in [-0.2, -0.15) is 0 Å². The highest BCUT2D eigenvalue weighted by molar-refractivity contribution is 5.82. The van der Waals surface area contributed by atoms with Crippen LogP contribution < -0.4 is 16.4 Å².